The number of pyridine rings is 1. The third-order valence-corrected chi connectivity index (χ3v) is 7.87. The number of ether oxygens (including phenoxy) is 2. The summed E-state index contributed by atoms with van der Waals surface area (Å²) < 4.78 is 11.0. The van der Waals surface area contributed by atoms with E-state index in [4.69, 9.17) is 9.47 Å². The van der Waals surface area contributed by atoms with Crippen LogP contribution in [0.25, 0.3) is 0 Å². The summed E-state index contributed by atoms with van der Waals surface area (Å²) in [5.41, 5.74) is 2.78. The molecule has 0 spiro atoms. The summed E-state index contributed by atoms with van der Waals surface area (Å²) >= 11 is 1.68. The van der Waals surface area contributed by atoms with E-state index >= 15 is 0 Å². The second-order valence-electron chi connectivity index (χ2n) is 9.67. The normalized spacial score (nSPS) is 16.3. The zero-order valence-electron chi connectivity index (χ0n) is 22.4. The van der Waals surface area contributed by atoms with E-state index in [0.717, 1.165) is 55.5 Å². The van der Waals surface area contributed by atoms with Gasteiger partial charge in [-0.05, 0) is 43.3 Å². The van der Waals surface area contributed by atoms with Gasteiger partial charge in [-0.1, -0.05) is 0 Å². The molecule has 0 unspecified atom stereocenters. The number of morpholine rings is 1. The fourth-order valence-electron chi connectivity index (χ4n) is 4.68. The van der Waals surface area contributed by atoms with Crippen molar-refractivity contribution >= 4 is 34.8 Å². The number of rotatable bonds is 7. The second kappa shape index (κ2) is 12.5. The van der Waals surface area contributed by atoms with Crippen molar-refractivity contribution in [3.8, 4) is 5.75 Å². The Morgan fingerprint density at radius 2 is 1.77 bits per heavy atom. The van der Waals surface area contributed by atoms with Gasteiger partial charge in [0.2, 0.25) is 0 Å². The molecule has 39 heavy (non-hydrogen) atoms. The lowest BCUT2D eigenvalue weighted by molar-refractivity contribution is 0.0991. The summed E-state index contributed by atoms with van der Waals surface area (Å²) in [7, 11) is 1.68. The molecule has 2 amide bonds. The quantitative estimate of drug-likeness (QED) is 0.443. The number of carbonyl (C=O) groups is 2. The molecule has 5 rings (SSSR count). The zero-order chi connectivity index (χ0) is 27.2. The maximum absolute atomic E-state index is 13.0. The first kappa shape index (κ1) is 27.0. The van der Waals surface area contributed by atoms with Crippen molar-refractivity contribution in [3.05, 3.63) is 64.2 Å². The molecule has 2 saturated heterocycles. The van der Waals surface area contributed by atoms with E-state index in [1.165, 1.54) is 11.1 Å². The number of nitrogens with zero attached hydrogens (tertiary/aromatic N) is 6. The van der Waals surface area contributed by atoms with Crippen LogP contribution in [0.3, 0.4) is 0 Å². The van der Waals surface area contributed by atoms with E-state index in [1.807, 2.05) is 31.2 Å². The van der Waals surface area contributed by atoms with Gasteiger partial charge in [-0.25, -0.2) is 14.8 Å². The van der Waals surface area contributed by atoms with Crippen molar-refractivity contribution in [1.29, 1.82) is 0 Å². The summed E-state index contributed by atoms with van der Waals surface area (Å²) in [6.45, 7) is 8.90. The second-order valence-corrected chi connectivity index (χ2v) is 10.7. The number of piperazine rings is 1. The maximum Gasteiger partial charge on any atom is 0.415 e. The number of anilines is 2. The van der Waals surface area contributed by atoms with Crippen LogP contribution in [0.5, 0.6) is 5.75 Å². The average Bonchev–Trinajstić information content (AvgIpc) is 3.41. The molecule has 206 valence electrons. The molecule has 2 fully saturated rings. The Balaban J connectivity index is 1.09. The molecule has 2 aromatic heterocycles. The molecule has 0 N–H and O–H groups in total. The first-order valence-electron chi connectivity index (χ1n) is 13.2. The lowest BCUT2D eigenvalue weighted by Crippen LogP contribution is -2.49. The van der Waals surface area contributed by atoms with Gasteiger partial charge in [0.15, 0.2) is 5.75 Å². The fourth-order valence-corrected chi connectivity index (χ4v) is 5.33. The summed E-state index contributed by atoms with van der Waals surface area (Å²) in [6, 6.07) is 10.9. The molecular weight excluding hydrogens is 516 g/mol. The lowest BCUT2D eigenvalue weighted by atomic mass is 10.1. The minimum absolute atomic E-state index is 0.163. The summed E-state index contributed by atoms with van der Waals surface area (Å²) in [6.07, 6.45) is 2.01. The van der Waals surface area contributed by atoms with Gasteiger partial charge in [-0.2, -0.15) is 0 Å². The number of amides is 2. The number of hydrogen-bond donors (Lipinski definition) is 0. The van der Waals surface area contributed by atoms with Crippen molar-refractivity contribution in [3.63, 3.8) is 0 Å². The SMILES string of the molecule is Cc1nc(CCN2CCN(C(=O)Oc3ccc(N(C)C(=O)c4ccc(N5CCOCC5)cc4)nc3)CC2)cs1. The largest absolute Gasteiger partial charge is 0.415 e. The number of aryl methyl sites for hydroxylation is 1. The number of carbonyl (C=O) groups excluding carboxylic acids is 2. The van der Waals surface area contributed by atoms with E-state index in [1.54, 1.807) is 35.4 Å². The fraction of sp³-hybridized carbons (Fsp3) is 0.429. The molecule has 10 nitrogen and oxygen atoms in total. The summed E-state index contributed by atoms with van der Waals surface area (Å²) in [4.78, 5) is 42.4. The van der Waals surface area contributed by atoms with Crippen LogP contribution in [0.1, 0.15) is 21.1 Å². The number of hydrogen-bond acceptors (Lipinski definition) is 9. The molecule has 0 bridgehead atoms. The topological polar surface area (TPSA) is 91.3 Å². The Labute approximate surface area is 232 Å². The van der Waals surface area contributed by atoms with Gasteiger partial charge in [-0.3, -0.25) is 14.6 Å². The van der Waals surface area contributed by atoms with E-state index in [-0.39, 0.29) is 12.0 Å². The molecule has 2 aliphatic heterocycles. The molecule has 0 atom stereocenters. The van der Waals surface area contributed by atoms with Crippen LogP contribution >= 0.6 is 11.3 Å². The Hall–Kier alpha value is -3.54. The molecule has 0 aliphatic carbocycles. The first-order chi connectivity index (χ1) is 19.0. The highest BCUT2D eigenvalue weighted by Gasteiger charge is 2.23. The predicted octanol–water partition coefficient (Wildman–Crippen LogP) is 3.32. The highest BCUT2D eigenvalue weighted by Crippen LogP contribution is 2.21. The average molecular weight is 551 g/mol. The monoisotopic (exact) mass is 550 g/mol. The van der Waals surface area contributed by atoms with Gasteiger partial charge in [0, 0.05) is 75.9 Å². The molecule has 2 aliphatic rings. The first-order valence-corrected chi connectivity index (χ1v) is 14.1. The standard InChI is InChI=1S/C28H34N6O4S/c1-21-30-23(20-39-21)9-10-32-11-13-34(14-12-32)28(36)38-25-7-8-26(29-19-25)31(2)27(35)22-3-5-24(6-4-22)33-15-17-37-18-16-33/h3-8,19-20H,9-18H2,1-2H3. The highest BCUT2D eigenvalue weighted by atomic mass is 32.1. The van der Waals surface area contributed by atoms with Crippen molar-refractivity contribution < 1.29 is 19.1 Å². The Bertz CT molecular complexity index is 1250. The van der Waals surface area contributed by atoms with Crippen LogP contribution in [0.4, 0.5) is 16.3 Å². The van der Waals surface area contributed by atoms with Gasteiger partial charge in [0.25, 0.3) is 5.91 Å². The van der Waals surface area contributed by atoms with E-state index in [9.17, 15) is 9.59 Å². The van der Waals surface area contributed by atoms with Gasteiger partial charge in [0.1, 0.15) is 5.82 Å². The molecule has 11 heteroatoms. The number of aromatic nitrogens is 2. The van der Waals surface area contributed by atoms with Crippen molar-refractivity contribution in [2.24, 2.45) is 0 Å². The summed E-state index contributed by atoms with van der Waals surface area (Å²) in [5.74, 6) is 0.658. The van der Waals surface area contributed by atoms with Crippen LogP contribution < -0.4 is 14.5 Å². The number of thiazole rings is 1. The van der Waals surface area contributed by atoms with Crippen LogP contribution in [-0.4, -0.2) is 97.8 Å². The molecule has 0 saturated carbocycles. The smallest absolute Gasteiger partial charge is 0.409 e. The van der Waals surface area contributed by atoms with Gasteiger partial charge < -0.3 is 19.3 Å². The Morgan fingerprint density at radius 1 is 1.03 bits per heavy atom. The highest BCUT2D eigenvalue weighted by molar-refractivity contribution is 7.09. The van der Waals surface area contributed by atoms with Gasteiger partial charge >= 0.3 is 6.09 Å². The van der Waals surface area contributed by atoms with Crippen molar-refractivity contribution in [2.75, 3.05) is 75.9 Å². The lowest BCUT2D eigenvalue weighted by Gasteiger charge is -2.33. The van der Waals surface area contributed by atoms with Crippen LogP contribution in [0.15, 0.2) is 48.0 Å². The van der Waals surface area contributed by atoms with Gasteiger partial charge in [-0.15, -0.1) is 11.3 Å². The Morgan fingerprint density at radius 3 is 2.41 bits per heavy atom. The van der Waals surface area contributed by atoms with Crippen LogP contribution in [0.2, 0.25) is 0 Å². The van der Waals surface area contributed by atoms with Gasteiger partial charge in [0.05, 0.1) is 30.1 Å². The predicted molar refractivity (Wildman–Crippen MR) is 151 cm³/mol. The van der Waals surface area contributed by atoms with E-state index in [2.05, 4.69) is 25.1 Å². The van der Waals surface area contributed by atoms with Crippen LogP contribution in [-0.2, 0) is 11.2 Å². The molecule has 0 radical (unpaired) electrons. The molecule has 1 aromatic carbocycles. The van der Waals surface area contributed by atoms with Crippen LogP contribution in [0, 0.1) is 6.92 Å². The minimum Gasteiger partial charge on any atom is -0.409 e. The number of benzene rings is 1. The molecule has 4 heterocycles. The van der Waals surface area contributed by atoms with E-state index < -0.39 is 0 Å². The minimum atomic E-state index is -0.385. The molecule has 3 aromatic rings. The third-order valence-electron chi connectivity index (χ3n) is 7.05. The van der Waals surface area contributed by atoms with E-state index in [0.29, 0.717) is 43.4 Å². The maximum atomic E-state index is 13.0. The summed E-state index contributed by atoms with van der Waals surface area (Å²) in [5, 5.41) is 3.20. The molecular formula is C28H34N6O4S. The zero-order valence-corrected chi connectivity index (χ0v) is 23.2. The van der Waals surface area contributed by atoms with Crippen molar-refractivity contribution in [2.45, 2.75) is 13.3 Å². The van der Waals surface area contributed by atoms with Crippen molar-refractivity contribution in [1.82, 2.24) is 19.8 Å². The third kappa shape index (κ3) is 6.92. The Kier molecular flexibility index (Phi) is 8.70.